The van der Waals surface area contributed by atoms with Crippen LogP contribution in [0.1, 0.15) is 15.9 Å². The molecule has 0 unspecified atom stereocenters. The maximum atomic E-state index is 12.6. The van der Waals surface area contributed by atoms with Crippen LogP contribution in [0.15, 0.2) is 105 Å². The van der Waals surface area contributed by atoms with Crippen molar-refractivity contribution in [3.05, 3.63) is 107 Å². The lowest BCUT2D eigenvalue weighted by atomic mass is 10.1. The molecule has 4 aromatic rings. The Labute approximate surface area is 194 Å². The SMILES string of the molecule is O=C(Nc1ccc(/C=N/NS(=O)(=O)c2ccc3ccccc3c2)cc1Br)c1ccccc1. The Kier molecular flexibility index (Phi) is 6.34. The molecule has 8 heteroatoms. The Bertz CT molecular complexity index is 1420. The van der Waals surface area contributed by atoms with Crippen LogP contribution in [0.4, 0.5) is 5.69 Å². The van der Waals surface area contributed by atoms with Crippen LogP contribution >= 0.6 is 15.9 Å². The van der Waals surface area contributed by atoms with Crippen molar-refractivity contribution in [2.75, 3.05) is 5.32 Å². The molecule has 0 atom stereocenters. The summed E-state index contributed by atoms with van der Waals surface area (Å²) in [6.07, 6.45) is 1.39. The smallest absolute Gasteiger partial charge is 0.276 e. The standard InChI is InChI=1S/C24H18BrN3O3S/c25-22-14-17(10-13-23(22)27-24(29)19-7-2-1-3-8-19)16-26-28-32(30,31)21-12-11-18-6-4-5-9-20(18)15-21/h1-16,28H,(H,27,29)/b26-16+. The zero-order chi connectivity index (χ0) is 22.6. The highest BCUT2D eigenvalue weighted by Crippen LogP contribution is 2.24. The number of sulfonamides is 1. The summed E-state index contributed by atoms with van der Waals surface area (Å²) < 4.78 is 25.8. The molecule has 0 bridgehead atoms. The monoisotopic (exact) mass is 507 g/mol. The van der Waals surface area contributed by atoms with Crippen molar-refractivity contribution in [2.24, 2.45) is 5.10 Å². The Morgan fingerprint density at radius 1 is 0.844 bits per heavy atom. The number of amides is 1. The topological polar surface area (TPSA) is 87.6 Å². The van der Waals surface area contributed by atoms with E-state index in [9.17, 15) is 13.2 Å². The molecule has 4 rings (SSSR count). The predicted octanol–water partition coefficient (Wildman–Crippen LogP) is 5.17. The van der Waals surface area contributed by atoms with Gasteiger partial charge in [0.15, 0.2) is 0 Å². The molecule has 0 spiro atoms. The number of carbonyl (C=O) groups excluding carboxylic acids is 1. The lowest BCUT2D eigenvalue weighted by molar-refractivity contribution is 0.102. The molecule has 1 amide bonds. The third kappa shape index (κ3) is 5.04. The van der Waals surface area contributed by atoms with Gasteiger partial charge in [-0.2, -0.15) is 13.5 Å². The van der Waals surface area contributed by atoms with Crippen molar-refractivity contribution in [1.29, 1.82) is 0 Å². The van der Waals surface area contributed by atoms with Gasteiger partial charge in [0, 0.05) is 10.0 Å². The molecule has 0 saturated heterocycles. The minimum atomic E-state index is -3.80. The van der Waals surface area contributed by atoms with E-state index in [2.05, 4.69) is 31.2 Å². The third-order valence-corrected chi connectivity index (χ3v) is 6.57. The molecule has 0 aliphatic carbocycles. The van der Waals surface area contributed by atoms with E-state index in [1.165, 1.54) is 6.21 Å². The number of nitrogens with one attached hydrogen (secondary N) is 2. The summed E-state index contributed by atoms with van der Waals surface area (Å²) in [5, 5.41) is 8.49. The Balaban J connectivity index is 1.44. The average Bonchev–Trinajstić information content (AvgIpc) is 2.81. The van der Waals surface area contributed by atoms with Gasteiger partial charge in [-0.15, -0.1) is 0 Å². The van der Waals surface area contributed by atoms with Crippen LogP contribution in [0.3, 0.4) is 0 Å². The van der Waals surface area contributed by atoms with E-state index in [0.29, 0.717) is 21.3 Å². The van der Waals surface area contributed by atoms with Gasteiger partial charge < -0.3 is 5.32 Å². The fourth-order valence-electron chi connectivity index (χ4n) is 3.05. The maximum absolute atomic E-state index is 12.6. The van der Waals surface area contributed by atoms with E-state index in [-0.39, 0.29) is 10.8 Å². The fraction of sp³-hybridized carbons (Fsp3) is 0. The number of hydrazone groups is 1. The molecule has 32 heavy (non-hydrogen) atoms. The van der Waals surface area contributed by atoms with Crippen molar-refractivity contribution >= 4 is 54.5 Å². The van der Waals surface area contributed by atoms with Gasteiger partial charge in [0.25, 0.3) is 15.9 Å². The first-order valence-corrected chi connectivity index (χ1v) is 11.9. The molecule has 0 aliphatic heterocycles. The van der Waals surface area contributed by atoms with Crippen LogP contribution in [0.5, 0.6) is 0 Å². The molecule has 0 saturated carbocycles. The summed E-state index contributed by atoms with van der Waals surface area (Å²) in [5.41, 5.74) is 1.79. The largest absolute Gasteiger partial charge is 0.321 e. The summed E-state index contributed by atoms with van der Waals surface area (Å²) in [6, 6.07) is 26.5. The quantitative estimate of drug-likeness (QED) is 0.278. The number of halogens is 1. The molecule has 160 valence electrons. The van der Waals surface area contributed by atoms with Gasteiger partial charge in [-0.3, -0.25) is 4.79 Å². The normalized spacial score (nSPS) is 11.5. The number of benzene rings is 4. The zero-order valence-corrected chi connectivity index (χ0v) is 19.1. The highest BCUT2D eigenvalue weighted by molar-refractivity contribution is 9.10. The maximum Gasteiger partial charge on any atom is 0.276 e. The molecular formula is C24H18BrN3O3S. The fourth-order valence-corrected chi connectivity index (χ4v) is 4.38. The van der Waals surface area contributed by atoms with E-state index < -0.39 is 10.0 Å². The van der Waals surface area contributed by atoms with Crippen LogP contribution in [0, 0.1) is 0 Å². The highest BCUT2D eigenvalue weighted by atomic mass is 79.9. The summed E-state index contributed by atoms with van der Waals surface area (Å²) in [7, 11) is -3.80. The van der Waals surface area contributed by atoms with Crippen LogP contribution in [0.2, 0.25) is 0 Å². The molecule has 2 N–H and O–H groups in total. The molecule has 0 heterocycles. The molecule has 0 fully saturated rings. The molecule has 0 radical (unpaired) electrons. The summed E-state index contributed by atoms with van der Waals surface area (Å²) in [6.45, 7) is 0. The molecule has 0 aliphatic rings. The van der Waals surface area contributed by atoms with Gasteiger partial charge in [-0.25, -0.2) is 4.83 Å². The van der Waals surface area contributed by atoms with Gasteiger partial charge in [0.05, 0.1) is 16.8 Å². The number of hydrogen-bond acceptors (Lipinski definition) is 4. The first-order chi connectivity index (χ1) is 15.4. The van der Waals surface area contributed by atoms with Crippen LogP contribution in [0.25, 0.3) is 10.8 Å². The van der Waals surface area contributed by atoms with Crippen LogP contribution in [-0.4, -0.2) is 20.5 Å². The minimum absolute atomic E-state index is 0.133. The first-order valence-electron chi connectivity index (χ1n) is 9.62. The van der Waals surface area contributed by atoms with Crippen LogP contribution < -0.4 is 10.1 Å². The number of carbonyl (C=O) groups is 1. The molecular weight excluding hydrogens is 490 g/mol. The molecule has 4 aromatic carbocycles. The van der Waals surface area contributed by atoms with Crippen LogP contribution in [-0.2, 0) is 10.0 Å². The number of hydrogen-bond donors (Lipinski definition) is 2. The second-order valence-corrected chi connectivity index (χ2v) is 9.44. The van der Waals surface area contributed by atoms with Crippen molar-refractivity contribution < 1.29 is 13.2 Å². The van der Waals surface area contributed by atoms with E-state index in [4.69, 9.17) is 0 Å². The Morgan fingerprint density at radius 3 is 2.31 bits per heavy atom. The van der Waals surface area contributed by atoms with E-state index in [0.717, 1.165) is 10.8 Å². The van der Waals surface area contributed by atoms with Crippen molar-refractivity contribution in [1.82, 2.24) is 4.83 Å². The van der Waals surface area contributed by atoms with Crippen molar-refractivity contribution in [2.45, 2.75) is 4.90 Å². The van der Waals surface area contributed by atoms with Crippen molar-refractivity contribution in [3.8, 4) is 0 Å². The third-order valence-electron chi connectivity index (χ3n) is 4.70. The Morgan fingerprint density at radius 2 is 1.56 bits per heavy atom. The summed E-state index contributed by atoms with van der Waals surface area (Å²) in [5.74, 6) is -0.226. The van der Waals surface area contributed by atoms with Crippen molar-refractivity contribution in [3.63, 3.8) is 0 Å². The second kappa shape index (κ2) is 9.33. The van der Waals surface area contributed by atoms with E-state index >= 15 is 0 Å². The highest BCUT2D eigenvalue weighted by Gasteiger charge is 2.13. The van der Waals surface area contributed by atoms with Gasteiger partial charge >= 0.3 is 0 Å². The van der Waals surface area contributed by atoms with E-state index in [1.54, 1.807) is 60.7 Å². The number of nitrogens with zero attached hydrogens (tertiary/aromatic N) is 1. The van der Waals surface area contributed by atoms with Gasteiger partial charge in [0.1, 0.15) is 0 Å². The molecule has 0 aromatic heterocycles. The summed E-state index contributed by atoms with van der Waals surface area (Å²) >= 11 is 3.42. The number of fused-ring (bicyclic) bond motifs is 1. The zero-order valence-electron chi connectivity index (χ0n) is 16.7. The second-order valence-electron chi connectivity index (χ2n) is 6.92. The average molecular weight is 508 g/mol. The van der Waals surface area contributed by atoms with Gasteiger partial charge in [-0.1, -0.05) is 54.6 Å². The number of rotatable bonds is 6. The first kappa shape index (κ1) is 21.7. The Hall–Kier alpha value is -3.49. The number of anilines is 1. The lowest BCUT2D eigenvalue weighted by Crippen LogP contribution is -2.18. The molecule has 6 nitrogen and oxygen atoms in total. The predicted molar refractivity (Wildman–Crippen MR) is 130 cm³/mol. The van der Waals surface area contributed by atoms with Gasteiger partial charge in [0.2, 0.25) is 0 Å². The lowest BCUT2D eigenvalue weighted by Gasteiger charge is -2.08. The summed E-state index contributed by atoms with van der Waals surface area (Å²) in [4.78, 5) is 14.7. The van der Waals surface area contributed by atoms with E-state index in [1.807, 2.05) is 30.3 Å². The minimum Gasteiger partial charge on any atom is -0.321 e. The van der Waals surface area contributed by atoms with Gasteiger partial charge in [-0.05, 0) is 68.7 Å².